The van der Waals surface area contributed by atoms with E-state index < -0.39 is 0 Å². The molecule has 0 spiro atoms. The van der Waals surface area contributed by atoms with Gasteiger partial charge >= 0.3 is 0 Å². The summed E-state index contributed by atoms with van der Waals surface area (Å²) in [7, 11) is 0. The zero-order valence-corrected chi connectivity index (χ0v) is 14.4. The second kappa shape index (κ2) is 6.72. The van der Waals surface area contributed by atoms with Gasteiger partial charge in [-0.05, 0) is 43.2 Å². The summed E-state index contributed by atoms with van der Waals surface area (Å²) in [5.74, 6) is -0.202. The molecule has 4 rings (SSSR count). The number of halogens is 1. The van der Waals surface area contributed by atoms with E-state index in [1.807, 2.05) is 35.1 Å². The third-order valence-corrected chi connectivity index (χ3v) is 4.68. The van der Waals surface area contributed by atoms with E-state index in [9.17, 15) is 4.79 Å². The van der Waals surface area contributed by atoms with Crippen molar-refractivity contribution in [3.05, 3.63) is 59.6 Å². The Bertz CT molecular complexity index is 877. The van der Waals surface area contributed by atoms with Gasteiger partial charge in [-0.1, -0.05) is 24.4 Å². The summed E-state index contributed by atoms with van der Waals surface area (Å²) >= 11 is 5.88. The summed E-state index contributed by atoms with van der Waals surface area (Å²) in [5, 5.41) is 12.0. The molecule has 0 unspecified atom stereocenters. The number of carbonyl (C=O) groups excluding carboxylic acids is 1. The predicted octanol–water partition coefficient (Wildman–Crippen LogP) is 4.09. The lowest BCUT2D eigenvalue weighted by Gasteiger charge is -2.09. The van der Waals surface area contributed by atoms with E-state index in [2.05, 4.69) is 15.5 Å². The first-order valence-electron chi connectivity index (χ1n) is 8.36. The zero-order valence-electron chi connectivity index (χ0n) is 13.6. The minimum absolute atomic E-state index is 0.202. The molecular weight excluding hydrogens is 338 g/mol. The van der Waals surface area contributed by atoms with Crippen LogP contribution in [0, 0.1) is 0 Å². The van der Waals surface area contributed by atoms with Gasteiger partial charge in [0.05, 0.1) is 22.9 Å². The average Bonchev–Trinajstić information content (AvgIpc) is 3.36. The van der Waals surface area contributed by atoms with Crippen molar-refractivity contribution in [2.24, 2.45) is 0 Å². The summed E-state index contributed by atoms with van der Waals surface area (Å²) in [4.78, 5) is 12.4. The molecule has 25 heavy (non-hydrogen) atoms. The number of hydrogen-bond acceptors (Lipinski definition) is 3. The first-order chi connectivity index (χ1) is 12.2. The van der Waals surface area contributed by atoms with Gasteiger partial charge in [-0.15, -0.1) is 0 Å². The fourth-order valence-corrected chi connectivity index (χ4v) is 3.30. The molecule has 1 aliphatic carbocycles. The highest BCUT2D eigenvalue weighted by atomic mass is 35.5. The summed E-state index contributed by atoms with van der Waals surface area (Å²) in [6.07, 6.45) is 9.96. The van der Waals surface area contributed by atoms with Crippen LogP contribution in [0.5, 0.6) is 0 Å². The van der Waals surface area contributed by atoms with Gasteiger partial charge in [-0.25, -0.2) is 4.68 Å². The summed E-state index contributed by atoms with van der Waals surface area (Å²) in [6.45, 7) is 0. The van der Waals surface area contributed by atoms with Crippen molar-refractivity contribution in [1.29, 1.82) is 0 Å². The number of aromatic nitrogens is 4. The van der Waals surface area contributed by atoms with Crippen molar-refractivity contribution in [3.8, 4) is 5.69 Å². The Balaban J connectivity index is 1.43. The normalized spacial score (nSPS) is 14.8. The van der Waals surface area contributed by atoms with E-state index in [1.54, 1.807) is 23.1 Å². The maximum Gasteiger partial charge on any atom is 0.276 e. The third-order valence-electron chi connectivity index (χ3n) is 4.48. The minimum atomic E-state index is -0.202. The van der Waals surface area contributed by atoms with Crippen LogP contribution in [0.4, 0.5) is 5.69 Å². The Hall–Kier alpha value is -2.60. The molecule has 0 saturated heterocycles. The Kier molecular flexibility index (Phi) is 4.28. The van der Waals surface area contributed by atoms with Crippen molar-refractivity contribution in [1.82, 2.24) is 19.6 Å². The first-order valence-corrected chi connectivity index (χ1v) is 8.74. The lowest BCUT2D eigenvalue weighted by Crippen LogP contribution is -2.14. The highest BCUT2D eigenvalue weighted by Crippen LogP contribution is 2.28. The van der Waals surface area contributed by atoms with Gasteiger partial charge < -0.3 is 5.32 Å². The second-order valence-electron chi connectivity index (χ2n) is 6.22. The number of hydrogen-bond donors (Lipinski definition) is 1. The molecule has 6 nitrogen and oxygen atoms in total. The van der Waals surface area contributed by atoms with Crippen LogP contribution in [0.15, 0.2) is 48.9 Å². The second-order valence-corrected chi connectivity index (χ2v) is 6.66. The Labute approximate surface area is 150 Å². The van der Waals surface area contributed by atoms with Gasteiger partial charge in [0.15, 0.2) is 5.69 Å². The van der Waals surface area contributed by atoms with Crippen LogP contribution in [0.3, 0.4) is 0 Å². The van der Waals surface area contributed by atoms with Crippen molar-refractivity contribution in [2.45, 2.75) is 31.7 Å². The smallest absolute Gasteiger partial charge is 0.276 e. The van der Waals surface area contributed by atoms with E-state index in [0.717, 1.165) is 18.5 Å². The van der Waals surface area contributed by atoms with Crippen molar-refractivity contribution in [2.75, 3.05) is 5.32 Å². The van der Waals surface area contributed by atoms with Crippen LogP contribution < -0.4 is 5.32 Å². The van der Waals surface area contributed by atoms with E-state index in [-0.39, 0.29) is 5.91 Å². The molecule has 3 aromatic rings. The maximum absolute atomic E-state index is 12.4. The van der Waals surface area contributed by atoms with Gasteiger partial charge in [0, 0.05) is 18.1 Å². The van der Waals surface area contributed by atoms with E-state index in [4.69, 9.17) is 11.6 Å². The fraction of sp³-hybridized carbons (Fsp3) is 0.278. The monoisotopic (exact) mass is 355 g/mol. The fourth-order valence-electron chi connectivity index (χ4n) is 3.17. The third kappa shape index (κ3) is 3.44. The van der Waals surface area contributed by atoms with Crippen LogP contribution in [0.2, 0.25) is 5.02 Å². The number of rotatable bonds is 4. The molecule has 0 aliphatic heterocycles. The minimum Gasteiger partial charge on any atom is -0.321 e. The van der Waals surface area contributed by atoms with Crippen LogP contribution in [0.25, 0.3) is 5.69 Å². The molecule has 1 amide bonds. The number of nitrogens with one attached hydrogen (secondary N) is 1. The Morgan fingerprint density at radius 2 is 1.92 bits per heavy atom. The number of carbonyl (C=O) groups is 1. The van der Waals surface area contributed by atoms with Crippen LogP contribution in [-0.2, 0) is 0 Å². The highest BCUT2D eigenvalue weighted by Gasteiger charge is 2.19. The lowest BCUT2D eigenvalue weighted by atomic mass is 10.2. The molecule has 1 aliphatic rings. The molecule has 2 aromatic heterocycles. The average molecular weight is 356 g/mol. The van der Waals surface area contributed by atoms with E-state index in [1.165, 1.54) is 12.8 Å². The van der Waals surface area contributed by atoms with Gasteiger partial charge in [0.1, 0.15) is 0 Å². The van der Waals surface area contributed by atoms with Crippen LogP contribution in [-0.4, -0.2) is 25.5 Å². The lowest BCUT2D eigenvalue weighted by molar-refractivity contribution is 0.102. The number of anilines is 1. The molecule has 7 heteroatoms. The highest BCUT2D eigenvalue weighted by molar-refractivity contribution is 6.30. The molecule has 1 aromatic carbocycles. The Morgan fingerprint density at radius 1 is 1.16 bits per heavy atom. The quantitative estimate of drug-likeness (QED) is 0.766. The topological polar surface area (TPSA) is 64.7 Å². The summed E-state index contributed by atoms with van der Waals surface area (Å²) < 4.78 is 3.60. The standard InChI is InChI=1S/C18H18ClN5O/c19-13-11-20-24(12-13)16-7-5-14(6-8-16)21-18(25)17-9-10-23(22-17)15-3-1-2-4-15/h5-12,15H,1-4H2,(H,21,25). The van der Waals surface area contributed by atoms with Gasteiger partial charge in [-0.2, -0.15) is 10.2 Å². The van der Waals surface area contributed by atoms with E-state index in [0.29, 0.717) is 22.4 Å². The van der Waals surface area contributed by atoms with Gasteiger partial charge in [0.2, 0.25) is 0 Å². The molecule has 0 atom stereocenters. The number of nitrogens with zero attached hydrogens (tertiary/aromatic N) is 4. The molecular formula is C18H18ClN5O. The predicted molar refractivity (Wildman–Crippen MR) is 96.3 cm³/mol. The molecule has 1 saturated carbocycles. The van der Waals surface area contributed by atoms with Gasteiger partial charge in [0.25, 0.3) is 5.91 Å². The zero-order chi connectivity index (χ0) is 17.2. The molecule has 0 radical (unpaired) electrons. The van der Waals surface area contributed by atoms with Crippen molar-refractivity contribution >= 4 is 23.2 Å². The molecule has 1 N–H and O–H groups in total. The van der Waals surface area contributed by atoms with Gasteiger partial charge in [-0.3, -0.25) is 9.48 Å². The maximum atomic E-state index is 12.4. The number of amides is 1. The SMILES string of the molecule is O=C(Nc1ccc(-n2cc(Cl)cn2)cc1)c1ccn(C2CCCC2)n1. The summed E-state index contributed by atoms with van der Waals surface area (Å²) in [6, 6.07) is 9.61. The van der Waals surface area contributed by atoms with Crippen LogP contribution >= 0.6 is 11.6 Å². The largest absolute Gasteiger partial charge is 0.321 e. The molecule has 1 fully saturated rings. The summed E-state index contributed by atoms with van der Waals surface area (Å²) in [5.41, 5.74) is 2.02. The Morgan fingerprint density at radius 3 is 2.60 bits per heavy atom. The molecule has 0 bridgehead atoms. The molecule has 2 heterocycles. The molecule has 128 valence electrons. The van der Waals surface area contributed by atoms with E-state index >= 15 is 0 Å². The van der Waals surface area contributed by atoms with Crippen LogP contribution in [0.1, 0.15) is 42.2 Å². The number of benzene rings is 1. The van der Waals surface area contributed by atoms with Crippen molar-refractivity contribution < 1.29 is 4.79 Å². The first kappa shape index (κ1) is 15.9. The van der Waals surface area contributed by atoms with Crippen molar-refractivity contribution in [3.63, 3.8) is 0 Å².